The Morgan fingerprint density at radius 1 is 1.00 bits per heavy atom. The van der Waals surface area contributed by atoms with Crippen LogP contribution in [-0.2, 0) is 0 Å². The Bertz CT molecular complexity index is 177. The highest BCUT2D eigenvalue weighted by atomic mass is 16.2. The predicted octanol–water partition coefficient (Wildman–Crippen LogP) is 3.81. The summed E-state index contributed by atoms with van der Waals surface area (Å²) in [6.45, 7) is 9.23. The van der Waals surface area contributed by atoms with Gasteiger partial charge in [-0.3, -0.25) is 0 Å². The number of rotatable bonds is 0. The molecule has 2 atom stereocenters. The average Bonchev–Trinajstić information content (AvgIpc) is 2.31. The SMILES string of the molecule is CC(C)C.CN1CC[C@@H]2CCCC[C@@H]2C1.CO.N.[HH]. The van der Waals surface area contributed by atoms with Crippen LogP contribution in [-0.4, -0.2) is 37.3 Å². The van der Waals surface area contributed by atoms with Gasteiger partial charge in [-0.2, -0.15) is 0 Å². The van der Waals surface area contributed by atoms with E-state index < -0.39 is 0 Å². The van der Waals surface area contributed by atoms with Crippen LogP contribution in [0.5, 0.6) is 0 Å². The van der Waals surface area contributed by atoms with Crippen molar-refractivity contribution in [1.82, 2.24) is 11.1 Å². The summed E-state index contributed by atoms with van der Waals surface area (Å²) in [6, 6.07) is 0. The Morgan fingerprint density at radius 2 is 1.44 bits per heavy atom. The molecule has 0 radical (unpaired) electrons. The Kier molecular flexibility index (Phi) is 13.4. The van der Waals surface area contributed by atoms with Gasteiger partial charge in [0, 0.05) is 15.1 Å². The van der Waals surface area contributed by atoms with Gasteiger partial charge < -0.3 is 16.2 Å². The summed E-state index contributed by atoms with van der Waals surface area (Å²) in [5.74, 6) is 2.99. The van der Waals surface area contributed by atoms with Crippen molar-refractivity contribution in [3.05, 3.63) is 0 Å². The summed E-state index contributed by atoms with van der Waals surface area (Å²) in [4.78, 5) is 2.51. The normalized spacial score (nSPS) is 26.8. The molecule has 1 aliphatic carbocycles. The summed E-state index contributed by atoms with van der Waals surface area (Å²) in [6.07, 6.45) is 7.51. The molecule has 1 saturated carbocycles. The summed E-state index contributed by atoms with van der Waals surface area (Å²) >= 11 is 0. The van der Waals surface area contributed by atoms with E-state index in [4.69, 9.17) is 5.11 Å². The van der Waals surface area contributed by atoms with Gasteiger partial charge in [0.15, 0.2) is 0 Å². The number of aliphatic hydroxyl groups is 1. The van der Waals surface area contributed by atoms with Crippen LogP contribution in [0.2, 0.25) is 0 Å². The zero-order valence-electron chi connectivity index (χ0n) is 13.3. The Balaban J connectivity index is -0.000000281. The number of hydrogen-bond donors (Lipinski definition) is 2. The van der Waals surface area contributed by atoms with Crippen LogP contribution < -0.4 is 6.15 Å². The fraction of sp³-hybridized carbons (Fsp3) is 1.00. The fourth-order valence-electron chi connectivity index (χ4n) is 2.78. The lowest BCUT2D eigenvalue weighted by Gasteiger charge is -2.39. The average molecular weight is 262 g/mol. The molecule has 2 fully saturated rings. The summed E-state index contributed by atoms with van der Waals surface area (Å²) in [7, 11) is 3.27. The molecule has 0 spiro atoms. The van der Waals surface area contributed by atoms with Crippen molar-refractivity contribution in [2.75, 3.05) is 27.2 Å². The summed E-state index contributed by atoms with van der Waals surface area (Å²) < 4.78 is 0. The number of likely N-dealkylation sites (tertiary alicyclic amines) is 1. The lowest BCUT2D eigenvalue weighted by molar-refractivity contribution is 0.105. The third-order valence-corrected chi connectivity index (χ3v) is 3.49. The molecule has 0 unspecified atom stereocenters. The number of nitrogens with zero attached hydrogens (tertiary/aromatic N) is 1. The molecule has 0 aromatic heterocycles. The molecule has 2 aliphatic rings. The molecule has 1 heterocycles. The van der Waals surface area contributed by atoms with Crippen molar-refractivity contribution in [1.29, 1.82) is 0 Å². The van der Waals surface area contributed by atoms with Crippen LogP contribution in [0.3, 0.4) is 0 Å². The van der Waals surface area contributed by atoms with Crippen LogP contribution in [0.4, 0.5) is 0 Å². The number of hydrogen-bond acceptors (Lipinski definition) is 3. The molecule has 1 saturated heterocycles. The first-order valence-corrected chi connectivity index (χ1v) is 7.23. The Morgan fingerprint density at radius 3 is 1.94 bits per heavy atom. The van der Waals surface area contributed by atoms with Crippen LogP contribution in [0, 0.1) is 17.8 Å². The first-order chi connectivity index (χ1) is 8.09. The van der Waals surface area contributed by atoms with E-state index in [2.05, 4.69) is 32.7 Å². The number of fused-ring (bicyclic) bond motifs is 1. The van der Waals surface area contributed by atoms with Crippen LogP contribution in [0.25, 0.3) is 0 Å². The van der Waals surface area contributed by atoms with E-state index >= 15 is 0 Å². The van der Waals surface area contributed by atoms with Gasteiger partial charge in [0.05, 0.1) is 0 Å². The topological polar surface area (TPSA) is 58.5 Å². The van der Waals surface area contributed by atoms with E-state index in [1.54, 1.807) is 0 Å². The highest BCUT2D eigenvalue weighted by molar-refractivity contribution is 4.81. The van der Waals surface area contributed by atoms with Crippen molar-refractivity contribution in [2.45, 2.75) is 52.9 Å². The number of piperidine rings is 1. The molecule has 1 aliphatic heterocycles. The van der Waals surface area contributed by atoms with E-state index in [0.717, 1.165) is 24.9 Å². The maximum Gasteiger partial charge on any atom is 0.0319 e. The fourth-order valence-corrected chi connectivity index (χ4v) is 2.78. The maximum atomic E-state index is 7.00. The second-order valence-corrected chi connectivity index (χ2v) is 6.09. The van der Waals surface area contributed by atoms with E-state index in [-0.39, 0.29) is 7.58 Å². The van der Waals surface area contributed by atoms with Crippen molar-refractivity contribution in [3.8, 4) is 0 Å². The maximum absolute atomic E-state index is 7.00. The third-order valence-electron chi connectivity index (χ3n) is 3.49. The second-order valence-electron chi connectivity index (χ2n) is 6.09. The van der Waals surface area contributed by atoms with Crippen molar-refractivity contribution < 1.29 is 6.53 Å². The van der Waals surface area contributed by atoms with Gasteiger partial charge in [0.25, 0.3) is 0 Å². The Hall–Kier alpha value is -0.120. The molecular formula is C15H38N2O. The molecule has 3 heteroatoms. The minimum absolute atomic E-state index is 0. The van der Waals surface area contributed by atoms with Gasteiger partial charge in [-0.1, -0.05) is 40.0 Å². The molecule has 18 heavy (non-hydrogen) atoms. The molecule has 0 aromatic carbocycles. The molecule has 0 amide bonds. The predicted molar refractivity (Wildman–Crippen MR) is 83.4 cm³/mol. The number of aliphatic hydroxyl groups excluding tert-OH is 1. The van der Waals surface area contributed by atoms with E-state index in [0.29, 0.717) is 0 Å². The van der Waals surface area contributed by atoms with Gasteiger partial charge in [-0.05, 0) is 44.2 Å². The highest BCUT2D eigenvalue weighted by Crippen LogP contribution is 2.35. The lowest BCUT2D eigenvalue weighted by atomic mass is 9.75. The monoisotopic (exact) mass is 262 g/mol. The van der Waals surface area contributed by atoms with Crippen LogP contribution in [0.15, 0.2) is 0 Å². The quantitative estimate of drug-likeness (QED) is 0.698. The molecule has 0 bridgehead atoms. The molecule has 3 nitrogen and oxygen atoms in total. The van der Waals surface area contributed by atoms with E-state index in [9.17, 15) is 0 Å². The molecule has 4 N–H and O–H groups in total. The van der Waals surface area contributed by atoms with E-state index in [1.807, 2.05) is 0 Å². The van der Waals surface area contributed by atoms with Gasteiger partial charge >= 0.3 is 0 Å². The first kappa shape index (κ1) is 20.2. The van der Waals surface area contributed by atoms with Gasteiger partial charge in [-0.25, -0.2) is 0 Å². The Labute approximate surface area is 116 Å². The van der Waals surface area contributed by atoms with Crippen LogP contribution in [0.1, 0.15) is 54.3 Å². The summed E-state index contributed by atoms with van der Waals surface area (Å²) in [5, 5.41) is 7.00. The molecule has 0 aromatic rings. The minimum Gasteiger partial charge on any atom is -0.400 e. The smallest absolute Gasteiger partial charge is 0.0319 e. The van der Waals surface area contributed by atoms with Crippen molar-refractivity contribution in [3.63, 3.8) is 0 Å². The molecular weight excluding hydrogens is 224 g/mol. The van der Waals surface area contributed by atoms with Gasteiger partial charge in [0.2, 0.25) is 0 Å². The zero-order chi connectivity index (χ0) is 13.3. The van der Waals surface area contributed by atoms with Gasteiger partial charge in [-0.15, -0.1) is 0 Å². The molecule has 2 rings (SSSR count). The standard InChI is InChI=1S/C10H19N.C4H10.CH4O.H3N.H2/c1-11-7-6-9-4-2-3-5-10(9)8-11;1-4(2)3;1-2;;/h9-10H,2-8H2,1H3;4H,1-3H3;2H,1H3;1H3;1H/t9-,10+;;;;/m0..../s1. The van der Waals surface area contributed by atoms with Crippen molar-refractivity contribution >= 4 is 0 Å². The second kappa shape index (κ2) is 11.9. The zero-order valence-corrected chi connectivity index (χ0v) is 13.3. The minimum atomic E-state index is 0. The largest absolute Gasteiger partial charge is 0.400 e. The highest BCUT2D eigenvalue weighted by Gasteiger charge is 2.29. The first-order valence-electron chi connectivity index (χ1n) is 7.23. The van der Waals surface area contributed by atoms with Gasteiger partial charge in [0.1, 0.15) is 0 Å². The third kappa shape index (κ3) is 8.90. The molecule has 114 valence electrons. The van der Waals surface area contributed by atoms with Crippen molar-refractivity contribution in [2.24, 2.45) is 17.8 Å². The lowest BCUT2D eigenvalue weighted by Crippen LogP contribution is -2.39. The van der Waals surface area contributed by atoms with Crippen LogP contribution >= 0.6 is 0 Å². The summed E-state index contributed by atoms with van der Waals surface area (Å²) in [5.41, 5.74) is 0. The van der Waals surface area contributed by atoms with E-state index in [1.165, 1.54) is 45.2 Å².